The fourth-order valence-electron chi connectivity index (χ4n) is 3.19. The first-order chi connectivity index (χ1) is 12.7. The summed E-state index contributed by atoms with van der Waals surface area (Å²) >= 11 is 7.85. The molecular weight excluding hydrogens is 366 g/mol. The van der Waals surface area contributed by atoms with Gasteiger partial charge in [0.1, 0.15) is 5.01 Å². The molecule has 2 heterocycles. The van der Waals surface area contributed by atoms with Crippen molar-refractivity contribution in [3.05, 3.63) is 69.9 Å². The van der Waals surface area contributed by atoms with E-state index in [0.29, 0.717) is 11.6 Å². The maximum atomic E-state index is 12.6. The summed E-state index contributed by atoms with van der Waals surface area (Å²) < 4.78 is 0. The van der Waals surface area contributed by atoms with Crippen molar-refractivity contribution in [2.75, 3.05) is 0 Å². The predicted octanol–water partition coefficient (Wildman–Crippen LogP) is 4.28. The average Bonchev–Trinajstić information content (AvgIpc) is 3.11. The fourth-order valence-corrected chi connectivity index (χ4v) is 4.58. The molecule has 1 atom stereocenters. The maximum Gasteiger partial charge on any atom is 0.223 e. The molecule has 2 aromatic heterocycles. The molecule has 1 aliphatic rings. The van der Waals surface area contributed by atoms with E-state index in [1.807, 2.05) is 36.4 Å². The van der Waals surface area contributed by atoms with Crippen LogP contribution in [0.15, 0.2) is 48.8 Å². The molecule has 0 bridgehead atoms. The third kappa shape index (κ3) is 3.64. The first-order valence-electron chi connectivity index (χ1n) is 8.61. The quantitative estimate of drug-likeness (QED) is 0.731. The molecule has 1 aromatic carbocycles. The Kier molecular flexibility index (Phi) is 5.00. The van der Waals surface area contributed by atoms with Crippen LogP contribution in [0.3, 0.4) is 0 Å². The van der Waals surface area contributed by atoms with Crippen molar-refractivity contribution < 1.29 is 4.79 Å². The highest BCUT2D eigenvalue weighted by molar-refractivity contribution is 7.15. The summed E-state index contributed by atoms with van der Waals surface area (Å²) in [5.74, 6) is 0.0881. The largest absolute Gasteiger partial charge is 0.352 e. The number of benzene rings is 1. The van der Waals surface area contributed by atoms with Gasteiger partial charge in [0.15, 0.2) is 0 Å². The van der Waals surface area contributed by atoms with Crippen LogP contribution in [0, 0.1) is 5.92 Å². The third-order valence-corrected chi connectivity index (χ3v) is 6.19. The van der Waals surface area contributed by atoms with Gasteiger partial charge in [-0.05, 0) is 43.0 Å². The van der Waals surface area contributed by atoms with Gasteiger partial charge in [0.05, 0.1) is 5.69 Å². The molecule has 1 N–H and O–H groups in total. The van der Waals surface area contributed by atoms with E-state index in [2.05, 4.69) is 10.3 Å². The topological polar surface area (TPSA) is 54.9 Å². The normalized spacial score (nSPS) is 16.1. The molecule has 0 radical (unpaired) electrons. The van der Waals surface area contributed by atoms with Crippen molar-refractivity contribution in [3.63, 3.8) is 0 Å². The molecule has 0 saturated heterocycles. The number of carbonyl (C=O) groups is 1. The number of hydrogen-bond acceptors (Lipinski definition) is 4. The van der Waals surface area contributed by atoms with Crippen molar-refractivity contribution in [1.82, 2.24) is 15.3 Å². The number of amides is 1. The Morgan fingerprint density at radius 2 is 2.04 bits per heavy atom. The summed E-state index contributed by atoms with van der Waals surface area (Å²) in [6, 6.07) is 11.5. The van der Waals surface area contributed by atoms with Gasteiger partial charge in [0, 0.05) is 40.3 Å². The number of halogens is 1. The predicted molar refractivity (Wildman–Crippen MR) is 104 cm³/mol. The number of fused-ring (bicyclic) bond motifs is 1. The van der Waals surface area contributed by atoms with E-state index < -0.39 is 0 Å². The van der Waals surface area contributed by atoms with Gasteiger partial charge in [0.25, 0.3) is 0 Å². The van der Waals surface area contributed by atoms with E-state index in [4.69, 9.17) is 16.6 Å². The van der Waals surface area contributed by atoms with Crippen molar-refractivity contribution in [2.24, 2.45) is 5.92 Å². The monoisotopic (exact) mass is 383 g/mol. The van der Waals surface area contributed by atoms with E-state index in [0.717, 1.165) is 41.1 Å². The molecule has 26 heavy (non-hydrogen) atoms. The van der Waals surface area contributed by atoms with Gasteiger partial charge in [-0.15, -0.1) is 11.3 Å². The number of nitrogens with zero attached hydrogens (tertiary/aromatic N) is 2. The number of aryl methyl sites for hydroxylation is 1. The lowest BCUT2D eigenvalue weighted by Gasteiger charge is -2.20. The summed E-state index contributed by atoms with van der Waals surface area (Å²) in [6.45, 7) is 0.465. The molecule has 0 spiro atoms. The smallest absolute Gasteiger partial charge is 0.223 e. The zero-order valence-electron chi connectivity index (χ0n) is 14.1. The highest BCUT2D eigenvalue weighted by atomic mass is 35.5. The second kappa shape index (κ2) is 7.56. The zero-order valence-corrected chi connectivity index (χ0v) is 15.7. The minimum atomic E-state index is -0.00396. The van der Waals surface area contributed by atoms with Gasteiger partial charge in [0.2, 0.25) is 5.91 Å². The van der Waals surface area contributed by atoms with Crippen LogP contribution in [-0.2, 0) is 24.2 Å². The van der Waals surface area contributed by atoms with Crippen molar-refractivity contribution in [1.29, 1.82) is 0 Å². The van der Waals surface area contributed by atoms with Crippen LogP contribution >= 0.6 is 22.9 Å². The number of aromatic nitrogens is 2. The van der Waals surface area contributed by atoms with Gasteiger partial charge in [-0.25, -0.2) is 4.98 Å². The Morgan fingerprint density at radius 3 is 2.85 bits per heavy atom. The van der Waals surface area contributed by atoms with E-state index >= 15 is 0 Å². The minimum absolute atomic E-state index is 0.00396. The molecule has 1 aliphatic carbocycles. The summed E-state index contributed by atoms with van der Waals surface area (Å²) in [5.41, 5.74) is 3.16. The van der Waals surface area contributed by atoms with Gasteiger partial charge in [-0.3, -0.25) is 9.78 Å². The zero-order chi connectivity index (χ0) is 17.9. The van der Waals surface area contributed by atoms with Crippen molar-refractivity contribution >= 4 is 28.8 Å². The van der Waals surface area contributed by atoms with Crippen LogP contribution in [-0.4, -0.2) is 15.9 Å². The molecule has 0 aliphatic heterocycles. The van der Waals surface area contributed by atoms with E-state index in [9.17, 15) is 4.79 Å². The first kappa shape index (κ1) is 17.2. The van der Waals surface area contributed by atoms with E-state index in [1.165, 1.54) is 4.88 Å². The molecule has 1 amide bonds. The van der Waals surface area contributed by atoms with Crippen LogP contribution < -0.4 is 5.32 Å². The Labute approximate surface area is 161 Å². The second-order valence-electron chi connectivity index (χ2n) is 6.37. The summed E-state index contributed by atoms with van der Waals surface area (Å²) in [4.78, 5) is 22.6. The molecule has 132 valence electrons. The van der Waals surface area contributed by atoms with Gasteiger partial charge in [-0.1, -0.05) is 29.8 Å². The molecule has 4 nitrogen and oxygen atoms in total. The Morgan fingerprint density at radius 1 is 1.23 bits per heavy atom. The van der Waals surface area contributed by atoms with Gasteiger partial charge < -0.3 is 5.32 Å². The first-order valence-corrected chi connectivity index (χ1v) is 9.80. The van der Waals surface area contributed by atoms with Crippen LogP contribution in [0.4, 0.5) is 0 Å². The fraction of sp³-hybridized carbons (Fsp3) is 0.250. The number of carbonyl (C=O) groups excluding carboxylic acids is 1. The Balaban J connectivity index is 1.42. The summed E-state index contributed by atoms with van der Waals surface area (Å²) in [7, 11) is 0. The lowest BCUT2D eigenvalue weighted by molar-refractivity contribution is -0.125. The molecule has 0 fully saturated rings. The Hall–Kier alpha value is -2.24. The van der Waals surface area contributed by atoms with Crippen LogP contribution in [0.25, 0.3) is 10.6 Å². The number of pyridine rings is 1. The number of thiazole rings is 1. The van der Waals surface area contributed by atoms with Crippen molar-refractivity contribution in [3.8, 4) is 10.6 Å². The minimum Gasteiger partial charge on any atom is -0.352 e. The number of rotatable bonds is 4. The number of nitrogens with one attached hydrogen (secondary N) is 1. The van der Waals surface area contributed by atoms with Crippen molar-refractivity contribution in [2.45, 2.75) is 25.8 Å². The lowest BCUT2D eigenvalue weighted by Crippen LogP contribution is -2.33. The SMILES string of the molecule is O=C(NCc1ccccc1Cl)C1CCc2nc(-c3ccncc3)sc2C1. The van der Waals surface area contributed by atoms with Crippen LogP contribution in [0.2, 0.25) is 5.02 Å². The second-order valence-corrected chi connectivity index (χ2v) is 7.86. The van der Waals surface area contributed by atoms with Gasteiger partial charge in [-0.2, -0.15) is 0 Å². The lowest BCUT2D eigenvalue weighted by atomic mass is 9.90. The highest BCUT2D eigenvalue weighted by Crippen LogP contribution is 2.34. The molecule has 1 unspecified atom stereocenters. The van der Waals surface area contributed by atoms with Crippen LogP contribution in [0.1, 0.15) is 22.6 Å². The van der Waals surface area contributed by atoms with Gasteiger partial charge >= 0.3 is 0 Å². The average molecular weight is 384 g/mol. The standard InChI is InChI=1S/C20H18ClN3OS/c21-16-4-2-1-3-15(16)12-23-19(25)14-5-6-17-18(11-14)26-20(24-17)13-7-9-22-10-8-13/h1-4,7-10,14H,5-6,11-12H2,(H,23,25). The molecule has 6 heteroatoms. The third-order valence-electron chi connectivity index (χ3n) is 4.65. The summed E-state index contributed by atoms with van der Waals surface area (Å²) in [6.07, 6.45) is 6.00. The molecule has 0 saturated carbocycles. The molecule has 4 rings (SSSR count). The Bertz CT molecular complexity index is 926. The maximum absolute atomic E-state index is 12.6. The van der Waals surface area contributed by atoms with E-state index in [-0.39, 0.29) is 11.8 Å². The van der Waals surface area contributed by atoms with Crippen LogP contribution in [0.5, 0.6) is 0 Å². The molecule has 3 aromatic rings. The number of hydrogen-bond donors (Lipinski definition) is 1. The highest BCUT2D eigenvalue weighted by Gasteiger charge is 2.27. The molecular formula is C20H18ClN3OS. The van der Waals surface area contributed by atoms with E-state index in [1.54, 1.807) is 23.7 Å². The summed E-state index contributed by atoms with van der Waals surface area (Å²) in [5, 5.41) is 4.72.